The van der Waals surface area contributed by atoms with Crippen molar-refractivity contribution in [1.29, 1.82) is 0 Å². The minimum atomic E-state index is -0.877. The molecular formula is C16H16FN3O3S. The van der Waals surface area contributed by atoms with Gasteiger partial charge in [0.05, 0.1) is 6.61 Å². The second-order valence-corrected chi connectivity index (χ2v) is 5.97. The van der Waals surface area contributed by atoms with Gasteiger partial charge in [0.1, 0.15) is 24.0 Å². The van der Waals surface area contributed by atoms with Gasteiger partial charge in [0.15, 0.2) is 10.7 Å². The van der Waals surface area contributed by atoms with Crippen molar-refractivity contribution in [2.75, 3.05) is 25.6 Å². The number of ether oxygens (including phenoxy) is 1. The predicted octanol–water partition coefficient (Wildman–Crippen LogP) is 3.21. The van der Waals surface area contributed by atoms with E-state index >= 15 is 0 Å². The summed E-state index contributed by atoms with van der Waals surface area (Å²) in [5, 5.41) is 12.8. The number of benzene rings is 1. The molecule has 0 aliphatic heterocycles. The maximum atomic E-state index is 12.6. The molecule has 2 N–H and O–H groups in total. The molecule has 3 aromatic rings. The van der Waals surface area contributed by atoms with E-state index < -0.39 is 12.8 Å². The summed E-state index contributed by atoms with van der Waals surface area (Å²) in [6.07, 6.45) is 4.50. The highest BCUT2D eigenvalue weighted by molar-refractivity contribution is 7.16. The number of anilines is 1. The number of aliphatic hydroxyl groups excluding tert-OH is 1. The van der Waals surface area contributed by atoms with Crippen LogP contribution < -0.4 is 10.1 Å². The van der Waals surface area contributed by atoms with Crippen LogP contribution in [0.2, 0.25) is 0 Å². The van der Waals surface area contributed by atoms with Crippen molar-refractivity contribution >= 4 is 39.7 Å². The maximum Gasteiger partial charge on any atom is 0.220 e. The molecule has 2 heterocycles. The number of aromatic nitrogens is 2. The van der Waals surface area contributed by atoms with Crippen molar-refractivity contribution in [2.24, 2.45) is 0 Å². The Hall–Kier alpha value is -2.45. The van der Waals surface area contributed by atoms with Gasteiger partial charge in [-0.05, 0) is 18.2 Å². The molecule has 2 aromatic heterocycles. The molecular weight excluding hydrogens is 333 g/mol. The van der Waals surface area contributed by atoms with E-state index in [1.165, 1.54) is 11.3 Å². The molecule has 0 spiro atoms. The van der Waals surface area contributed by atoms with Crippen LogP contribution >= 0.6 is 11.3 Å². The minimum Gasteiger partial charge on any atom is -0.485 e. The smallest absolute Gasteiger partial charge is 0.220 e. The Balaban J connectivity index is 1.78. The summed E-state index contributed by atoms with van der Waals surface area (Å²) in [7, 11) is 1.82. The van der Waals surface area contributed by atoms with Gasteiger partial charge in [-0.15, -0.1) is 0 Å². The highest BCUT2D eigenvalue weighted by Gasteiger charge is 2.11. The zero-order valence-electron chi connectivity index (χ0n) is 12.9. The molecule has 0 aliphatic rings. The molecule has 0 saturated heterocycles. The Morgan fingerprint density at radius 2 is 2.33 bits per heavy atom. The Morgan fingerprint density at radius 3 is 3.04 bits per heavy atom. The van der Waals surface area contributed by atoms with E-state index in [9.17, 15) is 4.39 Å². The van der Waals surface area contributed by atoms with Gasteiger partial charge in [0.2, 0.25) is 5.89 Å². The molecule has 0 aliphatic carbocycles. The summed E-state index contributed by atoms with van der Waals surface area (Å²) < 4.78 is 23.6. The molecule has 0 saturated carbocycles. The van der Waals surface area contributed by atoms with Gasteiger partial charge in [-0.2, -0.15) is 0 Å². The lowest BCUT2D eigenvalue weighted by Crippen LogP contribution is -2.23. The predicted molar refractivity (Wildman–Crippen MR) is 92.1 cm³/mol. The SMILES string of the molecule is CNc1ncc(C=Cc2nc3ccc(OC(CO)CF)cc3o2)s1. The summed E-state index contributed by atoms with van der Waals surface area (Å²) in [6.45, 7) is -1.15. The van der Waals surface area contributed by atoms with E-state index in [0.29, 0.717) is 22.7 Å². The highest BCUT2D eigenvalue weighted by Crippen LogP contribution is 2.24. The van der Waals surface area contributed by atoms with Gasteiger partial charge in [-0.1, -0.05) is 11.3 Å². The van der Waals surface area contributed by atoms with E-state index in [2.05, 4.69) is 15.3 Å². The third kappa shape index (κ3) is 3.72. The first-order valence-electron chi connectivity index (χ1n) is 7.27. The monoisotopic (exact) mass is 349 g/mol. The van der Waals surface area contributed by atoms with Crippen LogP contribution in [0.3, 0.4) is 0 Å². The van der Waals surface area contributed by atoms with Crippen molar-refractivity contribution in [1.82, 2.24) is 9.97 Å². The number of alkyl halides is 1. The summed E-state index contributed by atoms with van der Waals surface area (Å²) in [6, 6.07) is 5.02. The third-order valence-electron chi connectivity index (χ3n) is 3.18. The fourth-order valence-corrected chi connectivity index (χ4v) is 2.68. The Bertz CT molecular complexity index is 842. The summed E-state index contributed by atoms with van der Waals surface area (Å²) in [4.78, 5) is 9.51. The van der Waals surface area contributed by atoms with Crippen molar-refractivity contribution in [3.05, 3.63) is 35.2 Å². The topological polar surface area (TPSA) is 80.4 Å². The number of fused-ring (bicyclic) bond motifs is 1. The average molecular weight is 349 g/mol. The molecule has 0 bridgehead atoms. The van der Waals surface area contributed by atoms with Gasteiger partial charge in [-0.25, -0.2) is 14.4 Å². The van der Waals surface area contributed by atoms with E-state index in [4.69, 9.17) is 14.3 Å². The largest absolute Gasteiger partial charge is 0.485 e. The molecule has 1 unspecified atom stereocenters. The van der Waals surface area contributed by atoms with Crippen LogP contribution in [-0.4, -0.2) is 41.5 Å². The zero-order chi connectivity index (χ0) is 16.9. The number of oxazole rings is 1. The molecule has 6 nitrogen and oxygen atoms in total. The first-order chi connectivity index (χ1) is 11.7. The van der Waals surface area contributed by atoms with Crippen LogP contribution in [0.4, 0.5) is 9.52 Å². The number of hydrogen-bond donors (Lipinski definition) is 2. The third-order valence-corrected chi connectivity index (χ3v) is 4.16. The van der Waals surface area contributed by atoms with E-state index in [1.54, 1.807) is 30.5 Å². The van der Waals surface area contributed by atoms with Gasteiger partial charge in [0.25, 0.3) is 0 Å². The van der Waals surface area contributed by atoms with Crippen LogP contribution in [0.25, 0.3) is 23.3 Å². The van der Waals surface area contributed by atoms with Gasteiger partial charge >= 0.3 is 0 Å². The molecule has 24 heavy (non-hydrogen) atoms. The summed E-state index contributed by atoms with van der Waals surface area (Å²) in [5.74, 6) is 0.873. The van der Waals surface area contributed by atoms with Crippen molar-refractivity contribution in [3.63, 3.8) is 0 Å². The van der Waals surface area contributed by atoms with Crippen molar-refractivity contribution < 1.29 is 18.7 Å². The number of thiazole rings is 1. The van der Waals surface area contributed by atoms with Crippen LogP contribution in [0.15, 0.2) is 28.8 Å². The highest BCUT2D eigenvalue weighted by atomic mass is 32.1. The Kier molecular flexibility index (Phi) is 5.07. The normalized spacial score (nSPS) is 12.8. The summed E-state index contributed by atoms with van der Waals surface area (Å²) >= 11 is 1.52. The molecule has 126 valence electrons. The second-order valence-electron chi connectivity index (χ2n) is 4.91. The molecule has 1 atom stereocenters. The molecule has 0 fully saturated rings. The number of nitrogens with zero attached hydrogens (tertiary/aromatic N) is 2. The van der Waals surface area contributed by atoms with E-state index in [0.717, 1.165) is 10.0 Å². The molecule has 0 radical (unpaired) electrons. The number of hydrogen-bond acceptors (Lipinski definition) is 7. The van der Waals surface area contributed by atoms with Gasteiger partial charge < -0.3 is 19.6 Å². The molecule has 8 heteroatoms. The number of nitrogens with one attached hydrogen (secondary N) is 1. The number of halogens is 1. The first-order valence-corrected chi connectivity index (χ1v) is 8.09. The zero-order valence-corrected chi connectivity index (χ0v) is 13.7. The lowest BCUT2D eigenvalue weighted by Gasteiger charge is -2.12. The van der Waals surface area contributed by atoms with Crippen molar-refractivity contribution in [3.8, 4) is 5.75 Å². The fourth-order valence-electron chi connectivity index (χ4n) is 2.01. The molecule has 3 rings (SSSR count). The summed E-state index contributed by atoms with van der Waals surface area (Å²) in [5.41, 5.74) is 1.20. The fraction of sp³-hybridized carbons (Fsp3) is 0.250. The number of rotatable bonds is 7. The van der Waals surface area contributed by atoms with Crippen molar-refractivity contribution in [2.45, 2.75) is 6.10 Å². The molecule has 1 aromatic carbocycles. The van der Waals surface area contributed by atoms with E-state index in [1.807, 2.05) is 13.1 Å². The van der Waals surface area contributed by atoms with Crippen LogP contribution in [0, 0.1) is 0 Å². The van der Waals surface area contributed by atoms with Crippen LogP contribution in [0.1, 0.15) is 10.8 Å². The Morgan fingerprint density at radius 1 is 1.46 bits per heavy atom. The lowest BCUT2D eigenvalue weighted by molar-refractivity contribution is 0.0932. The quantitative estimate of drug-likeness (QED) is 0.682. The maximum absolute atomic E-state index is 12.6. The Labute approximate surface area is 141 Å². The minimum absolute atomic E-state index is 0.387. The van der Waals surface area contributed by atoms with E-state index in [-0.39, 0.29) is 6.61 Å². The average Bonchev–Trinajstić information content (AvgIpc) is 3.23. The second kappa shape index (κ2) is 7.41. The van der Waals surface area contributed by atoms with Crippen LogP contribution in [-0.2, 0) is 0 Å². The van der Waals surface area contributed by atoms with Gasteiger partial charge in [0, 0.05) is 30.3 Å². The number of aliphatic hydroxyl groups is 1. The standard InChI is InChI=1S/C16H16FN3O3S/c1-18-16-19-8-12(24-16)3-5-15-20-13-4-2-10(6-14(13)23-15)22-11(7-17)9-21/h2-6,8,11,21H,7,9H2,1H3,(H,18,19). The lowest BCUT2D eigenvalue weighted by atomic mass is 10.3. The first kappa shape index (κ1) is 16.4. The molecule has 0 amide bonds. The van der Waals surface area contributed by atoms with Crippen LogP contribution in [0.5, 0.6) is 5.75 Å². The van der Waals surface area contributed by atoms with Gasteiger partial charge in [-0.3, -0.25) is 0 Å².